The number of aromatic amines is 1. The molecule has 1 saturated heterocycles. The van der Waals surface area contributed by atoms with Crippen LogP contribution in [-0.4, -0.2) is 46.8 Å². The normalized spacial score (nSPS) is 15.5. The number of carbonyl (C=O) groups is 2. The Labute approximate surface area is 180 Å². The van der Waals surface area contributed by atoms with Gasteiger partial charge >= 0.3 is 6.09 Å². The second-order valence-corrected chi connectivity index (χ2v) is 7.28. The number of hydrogen-bond donors (Lipinski definition) is 2. The molecule has 160 valence electrons. The van der Waals surface area contributed by atoms with Crippen molar-refractivity contribution in [3.63, 3.8) is 0 Å². The van der Waals surface area contributed by atoms with Crippen LogP contribution in [-0.2, 0) is 16.1 Å². The first-order chi connectivity index (χ1) is 15.1. The van der Waals surface area contributed by atoms with Gasteiger partial charge in [-0.05, 0) is 42.7 Å². The van der Waals surface area contributed by atoms with Crippen LogP contribution >= 0.6 is 0 Å². The van der Waals surface area contributed by atoms with Crippen molar-refractivity contribution in [1.29, 1.82) is 0 Å². The van der Waals surface area contributed by atoms with E-state index < -0.39 is 12.1 Å². The number of likely N-dealkylation sites (tertiary alicyclic amines) is 1. The Morgan fingerprint density at radius 2 is 1.94 bits per heavy atom. The van der Waals surface area contributed by atoms with Gasteiger partial charge in [-0.1, -0.05) is 30.3 Å². The lowest BCUT2D eigenvalue weighted by Crippen LogP contribution is -2.43. The highest BCUT2D eigenvalue weighted by Crippen LogP contribution is 2.24. The maximum absolute atomic E-state index is 12.8. The van der Waals surface area contributed by atoms with E-state index in [1.54, 1.807) is 13.2 Å². The summed E-state index contributed by atoms with van der Waals surface area (Å²) in [6, 6.07) is 18.1. The molecule has 1 aliphatic rings. The average Bonchev–Trinajstić information content (AvgIpc) is 3.48. The second kappa shape index (κ2) is 9.34. The first-order valence-electron chi connectivity index (χ1n) is 10.1. The molecule has 2 aromatic carbocycles. The monoisotopic (exact) mass is 420 g/mol. The molecule has 2 amide bonds. The van der Waals surface area contributed by atoms with Crippen LogP contribution in [0.4, 0.5) is 10.6 Å². The maximum atomic E-state index is 12.8. The molecular formula is C23H24N4O4. The molecule has 1 aromatic heterocycles. The van der Waals surface area contributed by atoms with Crippen molar-refractivity contribution in [3.8, 4) is 17.0 Å². The molecule has 2 N–H and O–H groups in total. The number of hydrogen-bond acceptors (Lipinski definition) is 5. The molecule has 0 radical (unpaired) electrons. The second-order valence-electron chi connectivity index (χ2n) is 7.28. The van der Waals surface area contributed by atoms with E-state index in [-0.39, 0.29) is 12.5 Å². The van der Waals surface area contributed by atoms with Gasteiger partial charge in [0.2, 0.25) is 5.91 Å². The fraction of sp³-hybridized carbons (Fsp3) is 0.261. The lowest BCUT2D eigenvalue weighted by atomic mass is 10.1. The number of methoxy groups -OCH3 is 1. The van der Waals surface area contributed by atoms with Crippen LogP contribution in [0.2, 0.25) is 0 Å². The first-order valence-corrected chi connectivity index (χ1v) is 10.1. The Kier molecular flexibility index (Phi) is 6.16. The summed E-state index contributed by atoms with van der Waals surface area (Å²) in [7, 11) is 1.61. The zero-order chi connectivity index (χ0) is 21.6. The van der Waals surface area contributed by atoms with Gasteiger partial charge in [-0.15, -0.1) is 0 Å². The summed E-state index contributed by atoms with van der Waals surface area (Å²) >= 11 is 0. The Morgan fingerprint density at radius 1 is 1.16 bits per heavy atom. The van der Waals surface area contributed by atoms with Gasteiger partial charge in [0, 0.05) is 18.2 Å². The number of rotatable bonds is 6. The molecule has 1 unspecified atom stereocenters. The number of nitrogens with one attached hydrogen (secondary N) is 2. The maximum Gasteiger partial charge on any atom is 0.410 e. The molecule has 3 aromatic rings. The lowest BCUT2D eigenvalue weighted by molar-refractivity contribution is -0.120. The summed E-state index contributed by atoms with van der Waals surface area (Å²) in [4.78, 5) is 26.8. The molecule has 1 atom stereocenters. The van der Waals surface area contributed by atoms with Crippen LogP contribution in [0.25, 0.3) is 11.3 Å². The molecule has 1 aliphatic heterocycles. The summed E-state index contributed by atoms with van der Waals surface area (Å²) in [5, 5.41) is 9.91. The quantitative estimate of drug-likeness (QED) is 0.632. The van der Waals surface area contributed by atoms with E-state index in [4.69, 9.17) is 9.47 Å². The van der Waals surface area contributed by atoms with Crippen molar-refractivity contribution in [2.45, 2.75) is 25.5 Å². The van der Waals surface area contributed by atoms with Crippen molar-refractivity contribution in [2.24, 2.45) is 0 Å². The van der Waals surface area contributed by atoms with Gasteiger partial charge in [0.25, 0.3) is 0 Å². The van der Waals surface area contributed by atoms with Crippen LogP contribution in [0.5, 0.6) is 5.75 Å². The van der Waals surface area contributed by atoms with Gasteiger partial charge in [0.15, 0.2) is 0 Å². The highest BCUT2D eigenvalue weighted by molar-refractivity contribution is 5.96. The predicted octanol–water partition coefficient (Wildman–Crippen LogP) is 3.83. The van der Waals surface area contributed by atoms with Gasteiger partial charge in [0.05, 0.1) is 12.8 Å². The van der Waals surface area contributed by atoms with Crippen molar-refractivity contribution < 1.29 is 19.1 Å². The number of ether oxygens (including phenoxy) is 2. The molecule has 4 rings (SSSR count). The van der Waals surface area contributed by atoms with E-state index in [0.717, 1.165) is 23.3 Å². The van der Waals surface area contributed by atoms with Gasteiger partial charge < -0.3 is 14.8 Å². The number of carbonyl (C=O) groups excluding carboxylic acids is 2. The molecule has 8 nitrogen and oxygen atoms in total. The zero-order valence-electron chi connectivity index (χ0n) is 17.2. The van der Waals surface area contributed by atoms with E-state index in [9.17, 15) is 9.59 Å². The molecule has 0 aliphatic carbocycles. The summed E-state index contributed by atoms with van der Waals surface area (Å²) in [6.45, 7) is 0.669. The third kappa shape index (κ3) is 4.85. The molecule has 2 heterocycles. The van der Waals surface area contributed by atoms with Crippen LogP contribution in [0, 0.1) is 0 Å². The average molecular weight is 420 g/mol. The van der Waals surface area contributed by atoms with Crippen LogP contribution in [0.3, 0.4) is 0 Å². The molecule has 0 spiro atoms. The topological polar surface area (TPSA) is 96.5 Å². The highest BCUT2D eigenvalue weighted by atomic mass is 16.6. The number of anilines is 1. The van der Waals surface area contributed by atoms with E-state index in [1.165, 1.54) is 4.90 Å². The lowest BCUT2D eigenvalue weighted by Gasteiger charge is -2.23. The summed E-state index contributed by atoms with van der Waals surface area (Å²) < 4.78 is 10.6. The molecular weight excluding hydrogens is 396 g/mol. The fourth-order valence-corrected chi connectivity index (χ4v) is 3.57. The third-order valence-corrected chi connectivity index (χ3v) is 5.22. The van der Waals surface area contributed by atoms with Gasteiger partial charge in [0.1, 0.15) is 24.2 Å². The van der Waals surface area contributed by atoms with Crippen LogP contribution in [0.1, 0.15) is 18.4 Å². The summed E-state index contributed by atoms with van der Waals surface area (Å²) in [5.41, 5.74) is 2.49. The SMILES string of the molecule is COc1ccc(-c2cc(NC(=O)C3CCCN3C(=O)OCc3ccccc3)[nH]n2)cc1. The largest absolute Gasteiger partial charge is 0.497 e. The third-order valence-electron chi connectivity index (χ3n) is 5.22. The molecule has 31 heavy (non-hydrogen) atoms. The van der Waals surface area contributed by atoms with Crippen LogP contribution in [0.15, 0.2) is 60.7 Å². The number of amides is 2. The highest BCUT2D eigenvalue weighted by Gasteiger charge is 2.35. The number of nitrogens with zero attached hydrogens (tertiary/aromatic N) is 2. The van der Waals surface area contributed by atoms with Crippen molar-refractivity contribution in [1.82, 2.24) is 15.1 Å². The minimum absolute atomic E-state index is 0.177. The predicted molar refractivity (Wildman–Crippen MR) is 116 cm³/mol. The number of H-pyrrole nitrogens is 1. The van der Waals surface area contributed by atoms with Crippen molar-refractivity contribution in [3.05, 3.63) is 66.2 Å². The minimum atomic E-state index is -0.573. The van der Waals surface area contributed by atoms with Gasteiger partial charge in [-0.25, -0.2) is 4.79 Å². The standard InChI is InChI=1S/C23H24N4O4/c1-30-18-11-9-17(10-12-18)19-14-21(26-25-19)24-22(28)20-8-5-13-27(20)23(29)31-15-16-6-3-2-4-7-16/h2-4,6-7,9-12,14,20H,5,8,13,15H2,1H3,(H2,24,25,26,28). The minimum Gasteiger partial charge on any atom is -0.497 e. The van der Waals surface area contributed by atoms with E-state index >= 15 is 0 Å². The van der Waals surface area contributed by atoms with Gasteiger partial charge in [-0.2, -0.15) is 5.10 Å². The van der Waals surface area contributed by atoms with Crippen molar-refractivity contribution in [2.75, 3.05) is 19.0 Å². The van der Waals surface area contributed by atoms with Crippen molar-refractivity contribution >= 4 is 17.8 Å². The fourth-order valence-electron chi connectivity index (χ4n) is 3.57. The summed E-state index contributed by atoms with van der Waals surface area (Å²) in [6.07, 6.45) is 0.856. The number of benzene rings is 2. The van der Waals surface area contributed by atoms with Crippen LogP contribution < -0.4 is 10.1 Å². The van der Waals surface area contributed by atoms with Gasteiger partial charge in [-0.3, -0.25) is 14.8 Å². The Balaban J connectivity index is 1.36. The first kappa shape index (κ1) is 20.5. The Bertz CT molecular complexity index is 1030. The van der Waals surface area contributed by atoms with E-state index in [2.05, 4.69) is 15.5 Å². The molecule has 0 bridgehead atoms. The molecule has 0 saturated carbocycles. The smallest absolute Gasteiger partial charge is 0.410 e. The van der Waals surface area contributed by atoms with E-state index in [1.807, 2.05) is 54.6 Å². The molecule has 1 fully saturated rings. The number of aromatic nitrogens is 2. The molecule has 8 heteroatoms. The Hall–Kier alpha value is -3.81. The zero-order valence-corrected chi connectivity index (χ0v) is 17.2. The Morgan fingerprint density at radius 3 is 2.68 bits per heavy atom. The summed E-state index contributed by atoms with van der Waals surface area (Å²) in [5.74, 6) is 0.965. The van der Waals surface area contributed by atoms with E-state index in [0.29, 0.717) is 24.5 Å².